The monoisotopic (exact) mass is 679 g/mol. The van der Waals surface area contributed by atoms with Gasteiger partial charge in [0.1, 0.15) is 30.3 Å². The van der Waals surface area contributed by atoms with Gasteiger partial charge in [-0.1, -0.05) is 30.3 Å². The first-order valence-electron chi connectivity index (χ1n) is 17.1. The summed E-state index contributed by atoms with van der Waals surface area (Å²) < 4.78 is 7.72. The van der Waals surface area contributed by atoms with Crippen molar-refractivity contribution in [2.45, 2.75) is 95.7 Å². The van der Waals surface area contributed by atoms with Gasteiger partial charge in [-0.3, -0.25) is 28.7 Å². The first-order chi connectivity index (χ1) is 23.3. The average molecular weight is 680 g/mol. The number of rotatable bonds is 5. The summed E-state index contributed by atoms with van der Waals surface area (Å²) in [5.41, 5.74) is 3.56. The number of nitrogens with zero attached hydrogens (tertiary/aromatic N) is 5. The summed E-state index contributed by atoms with van der Waals surface area (Å²) >= 11 is 0. The van der Waals surface area contributed by atoms with Crippen molar-refractivity contribution in [3.63, 3.8) is 0 Å². The number of amides is 5. The number of nitrogens with one attached hydrogen (secondary N) is 2. The summed E-state index contributed by atoms with van der Waals surface area (Å²) in [7, 11) is 3.36. The van der Waals surface area contributed by atoms with Gasteiger partial charge in [-0.15, -0.1) is 0 Å². The van der Waals surface area contributed by atoms with Gasteiger partial charge < -0.3 is 35.2 Å². The molecule has 2 aromatic rings. The Kier molecular flexibility index (Phi) is 11.4. The van der Waals surface area contributed by atoms with Gasteiger partial charge in [-0.25, -0.2) is 0 Å². The number of likely N-dealkylation sites (N-methyl/N-ethyl adjacent to an activating group) is 1. The molecule has 3 aliphatic heterocycles. The van der Waals surface area contributed by atoms with Crippen LogP contribution in [0.1, 0.15) is 55.1 Å². The maximum absolute atomic E-state index is 13.9. The average Bonchev–Trinajstić information content (AvgIpc) is 3.67. The topological polar surface area (TPSA) is 166 Å². The van der Waals surface area contributed by atoms with Crippen LogP contribution in [0.4, 0.5) is 0 Å². The van der Waals surface area contributed by atoms with Crippen LogP contribution >= 0.6 is 0 Å². The van der Waals surface area contributed by atoms with E-state index in [9.17, 15) is 29.1 Å². The lowest BCUT2D eigenvalue weighted by Gasteiger charge is -2.38. The van der Waals surface area contributed by atoms with Crippen molar-refractivity contribution in [2.75, 3.05) is 33.3 Å². The molecule has 5 rings (SSSR count). The SMILES string of the molecule is Cc1nn(C)c(C)c1CCC(=O)N1CC(=O)N2CCC[C@H]2C(=O)N(C)[C@@H](C)C(=O)N[C@@H](Cc2ccccc2)C(=O)N[C@H]2CCO[C@H](C1)[C@H]2O. The lowest BCUT2D eigenvalue weighted by atomic mass is 9.97. The van der Waals surface area contributed by atoms with E-state index >= 15 is 0 Å². The zero-order chi connectivity index (χ0) is 35.4. The number of aliphatic hydroxyl groups excluding tert-OH is 1. The number of aliphatic hydroxyl groups is 1. The number of hydrogen-bond acceptors (Lipinski definition) is 8. The van der Waals surface area contributed by atoms with Crippen molar-refractivity contribution in [1.29, 1.82) is 0 Å². The quantitative estimate of drug-likeness (QED) is 0.398. The number of hydrogen-bond donors (Lipinski definition) is 3. The first-order valence-corrected chi connectivity index (χ1v) is 17.1. The van der Waals surface area contributed by atoms with Gasteiger partial charge in [0.15, 0.2) is 0 Å². The fraction of sp³-hybridized carbons (Fsp3) is 0.600. The smallest absolute Gasteiger partial charge is 0.245 e. The second-order valence-electron chi connectivity index (χ2n) is 13.5. The Morgan fingerprint density at radius 2 is 1.78 bits per heavy atom. The number of carbonyl (C=O) groups excluding carboxylic acids is 5. The maximum Gasteiger partial charge on any atom is 0.245 e. The van der Waals surface area contributed by atoms with E-state index < -0.39 is 60.0 Å². The summed E-state index contributed by atoms with van der Waals surface area (Å²) in [4.78, 5) is 73.0. The second kappa shape index (κ2) is 15.5. The van der Waals surface area contributed by atoms with E-state index in [0.717, 1.165) is 22.5 Å². The van der Waals surface area contributed by atoms with Gasteiger partial charge in [-0.05, 0) is 57.6 Å². The molecule has 6 atom stereocenters. The van der Waals surface area contributed by atoms with Crippen molar-refractivity contribution in [3.05, 3.63) is 52.8 Å². The third kappa shape index (κ3) is 8.13. The second-order valence-corrected chi connectivity index (χ2v) is 13.5. The molecule has 1 aromatic carbocycles. The molecule has 14 heteroatoms. The van der Waals surface area contributed by atoms with Crippen LogP contribution in [0, 0.1) is 13.8 Å². The molecule has 1 aromatic heterocycles. The highest BCUT2D eigenvalue weighted by Gasteiger charge is 2.41. The molecule has 4 heterocycles. The summed E-state index contributed by atoms with van der Waals surface area (Å²) in [6, 6.07) is 5.79. The van der Waals surface area contributed by atoms with Crippen molar-refractivity contribution >= 4 is 29.5 Å². The zero-order valence-electron chi connectivity index (χ0n) is 29.1. The predicted octanol–water partition coefficient (Wildman–Crippen LogP) is 0.0117. The van der Waals surface area contributed by atoms with Crippen LogP contribution in [0.3, 0.4) is 0 Å². The number of aromatic nitrogens is 2. The number of carbonyl (C=O) groups is 5. The molecule has 3 fully saturated rings. The van der Waals surface area contributed by atoms with Gasteiger partial charge in [0, 0.05) is 45.8 Å². The highest BCUT2D eigenvalue weighted by Crippen LogP contribution is 2.23. The Bertz CT molecular complexity index is 1550. The van der Waals surface area contributed by atoms with Crippen molar-refractivity contribution in [1.82, 2.24) is 35.1 Å². The van der Waals surface area contributed by atoms with Gasteiger partial charge >= 0.3 is 0 Å². The number of fused-ring (bicyclic) bond motifs is 3. The third-order valence-corrected chi connectivity index (χ3v) is 10.3. The van der Waals surface area contributed by atoms with E-state index in [1.807, 2.05) is 51.2 Å². The minimum absolute atomic E-state index is 0.0866. The molecular formula is C35H49N7O7. The number of aryl methyl sites for hydroxylation is 2. The molecule has 3 N–H and O–H groups in total. The molecule has 0 saturated carbocycles. The predicted molar refractivity (Wildman–Crippen MR) is 179 cm³/mol. The number of ether oxygens (including phenoxy) is 1. The van der Waals surface area contributed by atoms with E-state index in [1.165, 1.54) is 21.7 Å². The van der Waals surface area contributed by atoms with Gasteiger partial charge in [0.05, 0.1) is 24.8 Å². The lowest BCUT2D eigenvalue weighted by Crippen LogP contribution is -2.60. The van der Waals surface area contributed by atoms with Crippen molar-refractivity contribution in [3.8, 4) is 0 Å². The van der Waals surface area contributed by atoms with Crippen LogP contribution in [0.25, 0.3) is 0 Å². The van der Waals surface area contributed by atoms with E-state index in [-0.39, 0.29) is 38.4 Å². The van der Waals surface area contributed by atoms with E-state index in [1.54, 1.807) is 11.6 Å². The van der Waals surface area contributed by atoms with Crippen LogP contribution in [-0.4, -0.2) is 129 Å². The largest absolute Gasteiger partial charge is 0.388 e. The molecule has 0 unspecified atom stereocenters. The molecule has 0 radical (unpaired) electrons. The highest BCUT2D eigenvalue weighted by molar-refractivity contribution is 5.95. The normalized spacial score (nSPS) is 27.4. The Labute approximate surface area is 287 Å². The molecule has 49 heavy (non-hydrogen) atoms. The van der Waals surface area contributed by atoms with Gasteiger partial charge in [0.25, 0.3) is 0 Å². The fourth-order valence-corrected chi connectivity index (χ4v) is 7.05. The van der Waals surface area contributed by atoms with Gasteiger partial charge in [-0.2, -0.15) is 5.10 Å². The Balaban J connectivity index is 1.44. The molecule has 2 bridgehead atoms. The number of benzene rings is 1. The summed E-state index contributed by atoms with van der Waals surface area (Å²) in [5.74, 6) is -2.10. The van der Waals surface area contributed by atoms with Crippen LogP contribution in [0.15, 0.2) is 30.3 Å². The standard InChI is InChI=1S/C35H49N7O7/c1-21-25(22(2)40(5)38-21)13-14-30(43)41-19-29-32(45)26(15-17-49-29)36-34(47)27(18-24-10-7-6-8-11-24)37-33(46)23(3)39(4)35(48)28-12-9-16-42(28)31(44)20-41/h6-8,10-11,23,26-29,32,45H,9,12-20H2,1-5H3,(H,36,47)(H,37,46)/t23-,26-,27-,28-,29+,32-/m0/s1. The molecule has 0 spiro atoms. The van der Waals surface area contributed by atoms with Crippen LogP contribution < -0.4 is 10.6 Å². The van der Waals surface area contributed by atoms with Gasteiger partial charge in [0.2, 0.25) is 29.5 Å². The molecule has 3 aliphatic rings. The fourth-order valence-electron chi connectivity index (χ4n) is 7.05. The molecule has 5 amide bonds. The Morgan fingerprint density at radius 1 is 1.04 bits per heavy atom. The van der Waals surface area contributed by atoms with Crippen LogP contribution in [0.5, 0.6) is 0 Å². The first kappa shape index (κ1) is 36.0. The van der Waals surface area contributed by atoms with E-state index in [2.05, 4.69) is 15.7 Å². The molecule has 14 nitrogen and oxygen atoms in total. The van der Waals surface area contributed by atoms with E-state index in [4.69, 9.17) is 4.74 Å². The molecule has 0 aliphatic carbocycles. The highest BCUT2D eigenvalue weighted by atomic mass is 16.5. The lowest BCUT2D eigenvalue weighted by molar-refractivity contribution is -0.150. The minimum atomic E-state index is -1.19. The van der Waals surface area contributed by atoms with Crippen molar-refractivity contribution in [2.24, 2.45) is 7.05 Å². The summed E-state index contributed by atoms with van der Waals surface area (Å²) in [6.07, 6.45) is -0.0596. The summed E-state index contributed by atoms with van der Waals surface area (Å²) in [5, 5.41) is 21.7. The minimum Gasteiger partial charge on any atom is -0.388 e. The van der Waals surface area contributed by atoms with Crippen molar-refractivity contribution < 1.29 is 33.8 Å². The van der Waals surface area contributed by atoms with Crippen LogP contribution in [0.2, 0.25) is 0 Å². The maximum atomic E-state index is 13.9. The Hall–Kier alpha value is -4.30. The Morgan fingerprint density at radius 3 is 2.47 bits per heavy atom. The molecule has 3 saturated heterocycles. The zero-order valence-corrected chi connectivity index (χ0v) is 29.1. The molecule has 266 valence electrons. The van der Waals surface area contributed by atoms with E-state index in [0.29, 0.717) is 32.2 Å². The molecular weight excluding hydrogens is 630 g/mol. The summed E-state index contributed by atoms with van der Waals surface area (Å²) in [6.45, 7) is 5.56. The van der Waals surface area contributed by atoms with Crippen LogP contribution in [-0.2, 0) is 48.6 Å². The third-order valence-electron chi connectivity index (χ3n) is 10.3.